The average molecular weight is 246 g/mol. The van der Waals surface area contributed by atoms with E-state index in [2.05, 4.69) is 15.4 Å². The van der Waals surface area contributed by atoms with Crippen LogP contribution in [0.3, 0.4) is 0 Å². The number of carboxylic acid groups (broad SMARTS) is 1. The van der Waals surface area contributed by atoms with Crippen molar-refractivity contribution in [2.75, 3.05) is 11.9 Å². The minimum Gasteiger partial charge on any atom is -0.478 e. The van der Waals surface area contributed by atoms with Gasteiger partial charge < -0.3 is 10.4 Å². The molecule has 0 saturated carbocycles. The SMILES string of the molecule is Cn1cnc(CCNc2ccccc2C(=O)O)n1. The summed E-state index contributed by atoms with van der Waals surface area (Å²) < 4.78 is 1.64. The van der Waals surface area contributed by atoms with E-state index in [9.17, 15) is 4.79 Å². The number of benzene rings is 1. The maximum atomic E-state index is 11.0. The first-order chi connectivity index (χ1) is 8.66. The van der Waals surface area contributed by atoms with E-state index >= 15 is 0 Å². The smallest absolute Gasteiger partial charge is 0.337 e. The van der Waals surface area contributed by atoms with E-state index in [1.165, 1.54) is 0 Å². The number of carbonyl (C=O) groups is 1. The second-order valence-corrected chi connectivity index (χ2v) is 3.86. The van der Waals surface area contributed by atoms with Gasteiger partial charge in [0.2, 0.25) is 0 Å². The third-order valence-corrected chi connectivity index (χ3v) is 2.47. The zero-order chi connectivity index (χ0) is 13.0. The van der Waals surface area contributed by atoms with Gasteiger partial charge in [-0.15, -0.1) is 0 Å². The molecule has 2 N–H and O–H groups in total. The number of aryl methyl sites for hydroxylation is 1. The molecule has 0 aliphatic carbocycles. The molecule has 0 aliphatic rings. The Labute approximate surface area is 104 Å². The first-order valence-electron chi connectivity index (χ1n) is 5.57. The quantitative estimate of drug-likeness (QED) is 0.827. The van der Waals surface area contributed by atoms with Gasteiger partial charge in [0.15, 0.2) is 5.82 Å². The largest absolute Gasteiger partial charge is 0.478 e. The van der Waals surface area contributed by atoms with E-state index in [4.69, 9.17) is 5.11 Å². The highest BCUT2D eigenvalue weighted by atomic mass is 16.4. The number of aromatic nitrogens is 3. The summed E-state index contributed by atoms with van der Waals surface area (Å²) in [7, 11) is 1.81. The summed E-state index contributed by atoms with van der Waals surface area (Å²) in [5, 5.41) is 16.2. The second-order valence-electron chi connectivity index (χ2n) is 3.86. The van der Waals surface area contributed by atoms with Crippen LogP contribution < -0.4 is 5.32 Å². The summed E-state index contributed by atoms with van der Waals surface area (Å²) in [5.41, 5.74) is 0.882. The maximum absolute atomic E-state index is 11.0. The highest BCUT2D eigenvalue weighted by Gasteiger charge is 2.08. The Morgan fingerprint density at radius 3 is 2.89 bits per heavy atom. The number of nitrogens with one attached hydrogen (secondary N) is 1. The van der Waals surface area contributed by atoms with Crippen LogP contribution in [0, 0.1) is 0 Å². The van der Waals surface area contributed by atoms with E-state index in [0.717, 1.165) is 5.82 Å². The Morgan fingerprint density at radius 2 is 2.22 bits per heavy atom. The first-order valence-corrected chi connectivity index (χ1v) is 5.57. The van der Waals surface area contributed by atoms with Crippen molar-refractivity contribution < 1.29 is 9.90 Å². The van der Waals surface area contributed by atoms with Crippen molar-refractivity contribution >= 4 is 11.7 Å². The molecule has 1 heterocycles. The Hall–Kier alpha value is -2.37. The predicted octanol–water partition coefficient (Wildman–Crippen LogP) is 1.17. The van der Waals surface area contributed by atoms with Gasteiger partial charge >= 0.3 is 5.97 Å². The van der Waals surface area contributed by atoms with Crippen LogP contribution in [0.1, 0.15) is 16.2 Å². The fourth-order valence-corrected chi connectivity index (χ4v) is 1.63. The number of rotatable bonds is 5. The predicted molar refractivity (Wildman–Crippen MR) is 66.6 cm³/mol. The minimum atomic E-state index is -0.936. The van der Waals surface area contributed by atoms with Crippen LogP contribution in [-0.2, 0) is 13.5 Å². The summed E-state index contributed by atoms with van der Waals surface area (Å²) in [5.74, 6) is -0.202. The molecule has 0 saturated heterocycles. The van der Waals surface area contributed by atoms with Crippen molar-refractivity contribution in [3.05, 3.63) is 42.0 Å². The van der Waals surface area contributed by atoms with Gasteiger partial charge in [-0.25, -0.2) is 9.78 Å². The molecule has 0 atom stereocenters. The number of aromatic carboxylic acids is 1. The van der Waals surface area contributed by atoms with E-state index in [1.807, 2.05) is 7.05 Å². The molecule has 94 valence electrons. The summed E-state index contributed by atoms with van der Waals surface area (Å²) >= 11 is 0. The van der Waals surface area contributed by atoms with Crippen molar-refractivity contribution in [2.45, 2.75) is 6.42 Å². The highest BCUT2D eigenvalue weighted by Crippen LogP contribution is 2.14. The fraction of sp³-hybridized carbons (Fsp3) is 0.250. The molecular formula is C12H14N4O2. The molecule has 2 aromatic rings. The molecule has 0 fully saturated rings. The lowest BCUT2D eigenvalue weighted by Crippen LogP contribution is -2.10. The number of nitrogens with zero attached hydrogens (tertiary/aromatic N) is 3. The molecule has 2 rings (SSSR count). The second kappa shape index (κ2) is 5.31. The number of carboxylic acids is 1. The van der Waals surface area contributed by atoms with Crippen LogP contribution in [-0.4, -0.2) is 32.4 Å². The molecule has 18 heavy (non-hydrogen) atoms. The molecule has 0 unspecified atom stereocenters. The van der Waals surface area contributed by atoms with Crippen molar-refractivity contribution in [1.82, 2.24) is 14.8 Å². The number of hydrogen-bond donors (Lipinski definition) is 2. The van der Waals surface area contributed by atoms with Crippen LogP contribution in [0.15, 0.2) is 30.6 Å². The van der Waals surface area contributed by atoms with Crippen LogP contribution >= 0.6 is 0 Å². The lowest BCUT2D eigenvalue weighted by atomic mass is 10.2. The Bertz CT molecular complexity index is 551. The molecule has 1 aromatic heterocycles. The highest BCUT2D eigenvalue weighted by molar-refractivity contribution is 5.94. The van der Waals surface area contributed by atoms with Gasteiger partial charge in [0.05, 0.1) is 5.56 Å². The number of para-hydroxylation sites is 1. The molecule has 0 bridgehead atoms. The monoisotopic (exact) mass is 246 g/mol. The maximum Gasteiger partial charge on any atom is 0.337 e. The molecule has 0 amide bonds. The van der Waals surface area contributed by atoms with E-state index in [1.54, 1.807) is 35.3 Å². The molecule has 0 aliphatic heterocycles. The summed E-state index contributed by atoms with van der Waals surface area (Å²) in [6.07, 6.45) is 2.29. The van der Waals surface area contributed by atoms with Gasteiger partial charge in [-0.3, -0.25) is 4.68 Å². The van der Waals surface area contributed by atoms with Gasteiger partial charge in [0, 0.05) is 25.7 Å². The van der Waals surface area contributed by atoms with Crippen molar-refractivity contribution in [3.8, 4) is 0 Å². The third-order valence-electron chi connectivity index (χ3n) is 2.47. The van der Waals surface area contributed by atoms with Gasteiger partial charge in [0.25, 0.3) is 0 Å². The van der Waals surface area contributed by atoms with E-state index in [-0.39, 0.29) is 5.56 Å². The fourth-order valence-electron chi connectivity index (χ4n) is 1.63. The molecule has 6 heteroatoms. The van der Waals surface area contributed by atoms with Crippen molar-refractivity contribution in [2.24, 2.45) is 7.05 Å². The van der Waals surface area contributed by atoms with Gasteiger partial charge in [-0.1, -0.05) is 12.1 Å². The molecule has 1 aromatic carbocycles. The first kappa shape index (κ1) is 12.1. The minimum absolute atomic E-state index is 0.270. The van der Waals surface area contributed by atoms with Crippen molar-refractivity contribution in [1.29, 1.82) is 0 Å². The van der Waals surface area contributed by atoms with Crippen molar-refractivity contribution in [3.63, 3.8) is 0 Å². The third kappa shape index (κ3) is 2.85. The zero-order valence-electron chi connectivity index (χ0n) is 10.00. The topological polar surface area (TPSA) is 80.0 Å². The van der Waals surface area contributed by atoms with Crippen LogP contribution in [0.4, 0.5) is 5.69 Å². The van der Waals surface area contributed by atoms with Gasteiger partial charge in [0.1, 0.15) is 6.33 Å². The normalized spacial score (nSPS) is 10.3. The Balaban J connectivity index is 1.96. The zero-order valence-corrected chi connectivity index (χ0v) is 10.00. The molecule has 6 nitrogen and oxygen atoms in total. The van der Waals surface area contributed by atoms with Crippen LogP contribution in [0.5, 0.6) is 0 Å². The van der Waals surface area contributed by atoms with E-state index in [0.29, 0.717) is 18.7 Å². The van der Waals surface area contributed by atoms with Crippen LogP contribution in [0.2, 0.25) is 0 Å². The van der Waals surface area contributed by atoms with Gasteiger partial charge in [-0.2, -0.15) is 5.10 Å². The number of hydrogen-bond acceptors (Lipinski definition) is 4. The lowest BCUT2D eigenvalue weighted by molar-refractivity contribution is 0.0698. The van der Waals surface area contributed by atoms with Gasteiger partial charge in [-0.05, 0) is 12.1 Å². The van der Waals surface area contributed by atoms with Crippen LogP contribution in [0.25, 0.3) is 0 Å². The standard InChI is InChI=1S/C12H14N4O2/c1-16-8-14-11(15-16)6-7-13-10-5-3-2-4-9(10)12(17)18/h2-5,8,13H,6-7H2,1H3,(H,17,18). The molecule has 0 spiro atoms. The Morgan fingerprint density at radius 1 is 1.44 bits per heavy atom. The summed E-state index contributed by atoms with van der Waals surface area (Å²) in [6.45, 7) is 0.592. The number of anilines is 1. The Kier molecular flexibility index (Phi) is 3.57. The molecular weight excluding hydrogens is 232 g/mol. The summed E-state index contributed by atoms with van der Waals surface area (Å²) in [4.78, 5) is 15.1. The molecule has 0 radical (unpaired) electrons. The average Bonchev–Trinajstić information content (AvgIpc) is 2.75. The summed E-state index contributed by atoms with van der Waals surface area (Å²) in [6, 6.07) is 6.82. The van der Waals surface area contributed by atoms with E-state index < -0.39 is 5.97 Å². The lowest BCUT2D eigenvalue weighted by Gasteiger charge is -2.07.